The monoisotopic (exact) mass is 337 g/mol. The lowest BCUT2D eigenvalue weighted by atomic mass is 10.1. The minimum absolute atomic E-state index is 0.368. The Bertz CT molecular complexity index is 566. The summed E-state index contributed by atoms with van der Waals surface area (Å²) in [5.41, 5.74) is 7.70. The normalized spacial score (nSPS) is 11.1. The van der Waals surface area contributed by atoms with E-state index < -0.39 is 0 Å². The van der Waals surface area contributed by atoms with Crippen LogP contribution in [0.25, 0.3) is 0 Å². The van der Waals surface area contributed by atoms with Crippen molar-refractivity contribution in [1.29, 1.82) is 0 Å². The number of ether oxygens (including phenoxy) is 1. The minimum Gasteiger partial charge on any atom is -0.487 e. The third-order valence-electron chi connectivity index (χ3n) is 3.01. The van der Waals surface area contributed by atoms with Gasteiger partial charge in [0.25, 0.3) is 0 Å². The molecule has 0 aliphatic rings. The highest BCUT2D eigenvalue weighted by Crippen LogP contribution is 2.23. The van der Waals surface area contributed by atoms with E-state index in [-0.39, 0.29) is 0 Å². The van der Waals surface area contributed by atoms with Crippen LogP contribution in [0.5, 0.6) is 5.75 Å². The van der Waals surface area contributed by atoms with Crippen molar-refractivity contribution in [3.05, 3.63) is 46.2 Å². The molecule has 0 unspecified atom stereocenters. The summed E-state index contributed by atoms with van der Waals surface area (Å²) < 4.78 is 8.79. The van der Waals surface area contributed by atoms with Crippen molar-refractivity contribution in [2.24, 2.45) is 5.73 Å². The van der Waals surface area contributed by atoms with Crippen molar-refractivity contribution in [2.75, 3.05) is 6.54 Å². The number of halogens is 1. The maximum Gasteiger partial charge on any atom is 0.132 e. The van der Waals surface area contributed by atoms with E-state index in [4.69, 9.17) is 10.5 Å². The molecule has 0 amide bonds. The van der Waals surface area contributed by atoms with E-state index in [2.05, 4.69) is 34.9 Å². The molecule has 1 heterocycles. The summed E-state index contributed by atoms with van der Waals surface area (Å²) >= 11 is 3.52. The maximum absolute atomic E-state index is 5.79. The summed E-state index contributed by atoms with van der Waals surface area (Å²) in [4.78, 5) is 0. The number of hydrogen-bond donors (Lipinski definition) is 1. The number of aromatic nitrogens is 2. The van der Waals surface area contributed by atoms with E-state index in [9.17, 15) is 0 Å². The van der Waals surface area contributed by atoms with E-state index in [1.807, 2.05) is 35.1 Å². The number of hydrogen-bond acceptors (Lipinski definition) is 3. The maximum atomic E-state index is 5.79. The Kier molecular flexibility index (Phi) is 5.20. The highest BCUT2D eigenvalue weighted by molar-refractivity contribution is 9.10. The molecule has 0 bridgehead atoms. The molecule has 0 saturated carbocycles. The molecule has 0 aliphatic heterocycles. The van der Waals surface area contributed by atoms with Crippen LogP contribution < -0.4 is 10.5 Å². The van der Waals surface area contributed by atoms with Gasteiger partial charge in [-0.25, -0.2) is 0 Å². The van der Waals surface area contributed by atoms with Crippen LogP contribution in [0, 0.1) is 0 Å². The Balaban J connectivity index is 2.01. The van der Waals surface area contributed by atoms with Crippen LogP contribution in [-0.2, 0) is 13.0 Å². The predicted octanol–water partition coefficient (Wildman–Crippen LogP) is 3.31. The van der Waals surface area contributed by atoms with Crippen LogP contribution in [0.15, 0.2) is 34.9 Å². The van der Waals surface area contributed by atoms with Gasteiger partial charge in [0, 0.05) is 16.7 Å². The first-order chi connectivity index (χ1) is 9.60. The van der Waals surface area contributed by atoms with Crippen LogP contribution >= 0.6 is 15.9 Å². The quantitative estimate of drug-likeness (QED) is 0.879. The van der Waals surface area contributed by atoms with Gasteiger partial charge in [0.1, 0.15) is 12.4 Å². The molecule has 108 valence electrons. The lowest BCUT2D eigenvalue weighted by Crippen LogP contribution is -2.05. The van der Waals surface area contributed by atoms with Gasteiger partial charge in [-0.05, 0) is 56.6 Å². The van der Waals surface area contributed by atoms with E-state index >= 15 is 0 Å². The molecule has 1 aromatic heterocycles. The van der Waals surface area contributed by atoms with Crippen molar-refractivity contribution in [1.82, 2.24) is 9.78 Å². The molecule has 0 atom stereocenters. The molecule has 0 saturated heterocycles. The number of rotatable bonds is 6. The van der Waals surface area contributed by atoms with Gasteiger partial charge in [0.15, 0.2) is 0 Å². The third-order valence-corrected chi connectivity index (χ3v) is 3.78. The Morgan fingerprint density at radius 2 is 2.15 bits per heavy atom. The first-order valence-electron chi connectivity index (χ1n) is 6.75. The fourth-order valence-electron chi connectivity index (χ4n) is 1.89. The molecule has 0 radical (unpaired) electrons. The molecular formula is C15H20BrN3O. The predicted molar refractivity (Wildman–Crippen MR) is 83.8 cm³/mol. The Morgan fingerprint density at radius 3 is 2.80 bits per heavy atom. The van der Waals surface area contributed by atoms with Gasteiger partial charge in [-0.15, -0.1) is 0 Å². The third kappa shape index (κ3) is 3.84. The van der Waals surface area contributed by atoms with Crippen molar-refractivity contribution in [3.63, 3.8) is 0 Å². The molecule has 5 heteroatoms. The van der Waals surface area contributed by atoms with Crippen LogP contribution in [-0.4, -0.2) is 16.3 Å². The molecule has 0 aliphatic carbocycles. The zero-order valence-corrected chi connectivity index (χ0v) is 13.4. The Morgan fingerprint density at radius 1 is 1.35 bits per heavy atom. The van der Waals surface area contributed by atoms with E-state index in [1.165, 1.54) is 0 Å². The van der Waals surface area contributed by atoms with Crippen molar-refractivity contribution in [3.8, 4) is 5.75 Å². The summed E-state index contributed by atoms with van der Waals surface area (Å²) in [6.45, 7) is 5.31. The van der Waals surface area contributed by atoms with Gasteiger partial charge >= 0.3 is 0 Å². The first kappa shape index (κ1) is 15.1. The molecule has 0 spiro atoms. The van der Waals surface area contributed by atoms with Gasteiger partial charge in [0.05, 0.1) is 5.69 Å². The summed E-state index contributed by atoms with van der Waals surface area (Å²) in [6.07, 6.45) is 2.81. The summed E-state index contributed by atoms with van der Waals surface area (Å²) in [5.74, 6) is 0.843. The van der Waals surface area contributed by atoms with Crippen molar-refractivity contribution >= 4 is 15.9 Å². The molecule has 0 fully saturated rings. The fourth-order valence-corrected chi connectivity index (χ4v) is 2.33. The summed E-state index contributed by atoms with van der Waals surface area (Å²) in [7, 11) is 0. The second-order valence-electron chi connectivity index (χ2n) is 4.96. The number of nitrogens with two attached hydrogens (primary N) is 1. The lowest BCUT2D eigenvalue weighted by molar-refractivity contribution is 0.298. The zero-order chi connectivity index (χ0) is 14.5. The Labute approximate surface area is 128 Å². The summed E-state index contributed by atoms with van der Waals surface area (Å²) in [6, 6.07) is 8.32. The van der Waals surface area contributed by atoms with E-state index in [1.54, 1.807) is 0 Å². The molecule has 20 heavy (non-hydrogen) atoms. The van der Waals surface area contributed by atoms with Gasteiger partial charge in [0.2, 0.25) is 0 Å². The molecule has 2 N–H and O–H groups in total. The fraction of sp³-hybridized carbons (Fsp3) is 0.400. The van der Waals surface area contributed by atoms with Gasteiger partial charge in [-0.3, -0.25) is 4.68 Å². The lowest BCUT2D eigenvalue weighted by Gasteiger charge is -2.08. The molecule has 2 rings (SSSR count). The standard InChI is InChI=1S/C15H20BrN3O/c1-11(2)19-8-6-13(18-19)10-20-14-3-4-15(16)12(9-14)5-7-17/h3-4,6,8-9,11H,5,7,10,17H2,1-2H3. The van der Waals surface area contributed by atoms with E-state index in [0.717, 1.165) is 27.9 Å². The highest BCUT2D eigenvalue weighted by Gasteiger charge is 2.05. The first-order valence-corrected chi connectivity index (χ1v) is 7.54. The topological polar surface area (TPSA) is 53.1 Å². The van der Waals surface area contributed by atoms with Crippen LogP contribution in [0.1, 0.15) is 31.1 Å². The smallest absolute Gasteiger partial charge is 0.132 e. The second-order valence-corrected chi connectivity index (χ2v) is 5.82. The zero-order valence-electron chi connectivity index (χ0n) is 11.8. The van der Waals surface area contributed by atoms with Crippen LogP contribution in [0.3, 0.4) is 0 Å². The average molecular weight is 338 g/mol. The molecular weight excluding hydrogens is 318 g/mol. The second kappa shape index (κ2) is 6.90. The number of nitrogens with zero attached hydrogens (tertiary/aromatic N) is 2. The molecule has 4 nitrogen and oxygen atoms in total. The average Bonchev–Trinajstić information content (AvgIpc) is 2.89. The van der Waals surface area contributed by atoms with Crippen LogP contribution in [0.4, 0.5) is 0 Å². The van der Waals surface area contributed by atoms with E-state index in [0.29, 0.717) is 19.2 Å². The Hall–Kier alpha value is -1.33. The highest BCUT2D eigenvalue weighted by atomic mass is 79.9. The van der Waals surface area contributed by atoms with Gasteiger partial charge in [-0.2, -0.15) is 5.10 Å². The van der Waals surface area contributed by atoms with Gasteiger partial charge < -0.3 is 10.5 Å². The van der Waals surface area contributed by atoms with Crippen LogP contribution in [0.2, 0.25) is 0 Å². The summed E-state index contributed by atoms with van der Waals surface area (Å²) in [5, 5.41) is 4.46. The van der Waals surface area contributed by atoms with Crippen molar-refractivity contribution in [2.45, 2.75) is 32.9 Å². The molecule has 2 aromatic rings. The SMILES string of the molecule is CC(C)n1ccc(COc2ccc(Br)c(CCN)c2)n1. The largest absolute Gasteiger partial charge is 0.487 e. The molecule has 1 aromatic carbocycles. The van der Waals surface area contributed by atoms with Gasteiger partial charge in [-0.1, -0.05) is 15.9 Å². The number of benzene rings is 1. The minimum atomic E-state index is 0.368. The van der Waals surface area contributed by atoms with Crippen molar-refractivity contribution < 1.29 is 4.74 Å².